The van der Waals surface area contributed by atoms with E-state index in [1.807, 2.05) is 13.0 Å². The van der Waals surface area contributed by atoms with Crippen LogP contribution in [0.1, 0.15) is 29.8 Å². The van der Waals surface area contributed by atoms with E-state index in [0.29, 0.717) is 5.56 Å². The highest BCUT2D eigenvalue weighted by Gasteiger charge is 2.24. The molecule has 1 rings (SSSR count). The predicted molar refractivity (Wildman–Crippen MR) is 77.2 cm³/mol. The fraction of sp³-hybridized carbons (Fsp3) is 0.333. The molecule has 1 aromatic rings. The molecule has 0 heterocycles. The second kappa shape index (κ2) is 5.14. The van der Waals surface area contributed by atoms with Crippen LogP contribution in [0.5, 0.6) is 0 Å². The third-order valence-corrected chi connectivity index (χ3v) is 3.84. The van der Waals surface area contributed by atoms with Gasteiger partial charge in [0.25, 0.3) is 5.91 Å². The van der Waals surface area contributed by atoms with E-state index in [2.05, 4.69) is 21.2 Å². The topological polar surface area (TPSA) is 55.1 Å². The average molecular weight is 315 g/mol. The molecule has 0 atom stereocenters. The van der Waals surface area contributed by atoms with E-state index in [1.165, 1.54) is 0 Å². The average Bonchev–Trinajstić information content (AvgIpc) is 2.21. The van der Waals surface area contributed by atoms with Crippen molar-refractivity contribution in [3.05, 3.63) is 33.8 Å². The van der Waals surface area contributed by atoms with E-state index in [-0.39, 0.29) is 10.9 Å². The summed E-state index contributed by atoms with van der Waals surface area (Å²) in [7, 11) is 0. The molecule has 0 aliphatic rings. The Kier molecular flexibility index (Phi) is 4.27. The summed E-state index contributed by atoms with van der Waals surface area (Å²) in [6, 6.07) is 5.43. The summed E-state index contributed by atoms with van der Waals surface area (Å²) < 4.78 is 0.901. The van der Waals surface area contributed by atoms with Crippen molar-refractivity contribution in [3.8, 4) is 0 Å². The highest BCUT2D eigenvalue weighted by molar-refractivity contribution is 9.10. The van der Waals surface area contributed by atoms with Crippen molar-refractivity contribution >= 4 is 39.0 Å². The van der Waals surface area contributed by atoms with Gasteiger partial charge in [-0.25, -0.2) is 0 Å². The maximum absolute atomic E-state index is 12.0. The van der Waals surface area contributed by atoms with Gasteiger partial charge in [0.2, 0.25) is 0 Å². The number of benzene rings is 1. The second-order valence-corrected chi connectivity index (χ2v) is 5.70. The molecule has 1 amide bonds. The highest BCUT2D eigenvalue weighted by Crippen LogP contribution is 2.18. The van der Waals surface area contributed by atoms with Crippen molar-refractivity contribution in [3.63, 3.8) is 0 Å². The van der Waals surface area contributed by atoms with Gasteiger partial charge in [-0.2, -0.15) is 0 Å². The van der Waals surface area contributed by atoms with E-state index < -0.39 is 5.54 Å². The minimum atomic E-state index is -0.691. The normalized spacial score (nSPS) is 11.1. The molecule has 92 valence electrons. The molecule has 0 bridgehead atoms. The summed E-state index contributed by atoms with van der Waals surface area (Å²) in [6.45, 7) is 5.51. The lowest BCUT2D eigenvalue weighted by Gasteiger charge is -2.24. The molecule has 17 heavy (non-hydrogen) atoms. The van der Waals surface area contributed by atoms with Gasteiger partial charge in [-0.15, -0.1) is 0 Å². The van der Waals surface area contributed by atoms with Crippen LogP contribution in [0.25, 0.3) is 0 Å². The lowest BCUT2D eigenvalue weighted by atomic mass is 10.0. The Morgan fingerprint density at radius 3 is 2.53 bits per heavy atom. The number of thiocarbonyl (C=S) groups is 1. The molecule has 0 unspecified atom stereocenters. The Balaban J connectivity index is 2.91. The molecule has 0 saturated heterocycles. The number of amides is 1. The molecule has 3 N–H and O–H groups in total. The summed E-state index contributed by atoms with van der Waals surface area (Å²) in [5.74, 6) is -0.191. The smallest absolute Gasteiger partial charge is 0.252 e. The number of nitrogens with two attached hydrogens (primary N) is 1. The summed E-state index contributed by atoms with van der Waals surface area (Å²) >= 11 is 8.29. The van der Waals surface area contributed by atoms with Crippen molar-refractivity contribution < 1.29 is 4.79 Å². The van der Waals surface area contributed by atoms with Gasteiger partial charge in [0.05, 0.1) is 10.5 Å². The van der Waals surface area contributed by atoms with Crippen LogP contribution in [0.3, 0.4) is 0 Å². The van der Waals surface area contributed by atoms with Crippen LogP contribution >= 0.6 is 28.1 Å². The summed E-state index contributed by atoms with van der Waals surface area (Å²) in [4.78, 5) is 12.2. The van der Waals surface area contributed by atoms with Gasteiger partial charge >= 0.3 is 0 Å². The zero-order valence-corrected chi connectivity index (χ0v) is 12.4. The Labute approximate surface area is 115 Å². The van der Waals surface area contributed by atoms with Gasteiger partial charge < -0.3 is 11.1 Å². The van der Waals surface area contributed by atoms with E-state index >= 15 is 0 Å². The molecule has 0 fully saturated rings. The van der Waals surface area contributed by atoms with Crippen LogP contribution in [0.2, 0.25) is 0 Å². The molecule has 1 aromatic carbocycles. The van der Waals surface area contributed by atoms with Crippen LogP contribution in [0.15, 0.2) is 22.7 Å². The molecule has 0 aliphatic heterocycles. The van der Waals surface area contributed by atoms with E-state index in [0.717, 1.165) is 10.0 Å². The van der Waals surface area contributed by atoms with Gasteiger partial charge in [-0.1, -0.05) is 34.2 Å². The first-order chi connectivity index (χ1) is 7.74. The third-order valence-electron chi connectivity index (χ3n) is 2.48. The number of carbonyl (C=O) groups excluding carboxylic acids is 1. The van der Waals surface area contributed by atoms with Crippen molar-refractivity contribution in [2.24, 2.45) is 5.73 Å². The molecule has 0 aliphatic carbocycles. The van der Waals surface area contributed by atoms with Crippen LogP contribution in [0, 0.1) is 6.92 Å². The van der Waals surface area contributed by atoms with Gasteiger partial charge in [0.15, 0.2) is 0 Å². The minimum absolute atomic E-state index is 0.191. The van der Waals surface area contributed by atoms with Crippen molar-refractivity contribution in [1.82, 2.24) is 5.32 Å². The van der Waals surface area contributed by atoms with E-state index in [1.54, 1.807) is 26.0 Å². The first-order valence-electron chi connectivity index (χ1n) is 5.12. The lowest BCUT2D eigenvalue weighted by molar-refractivity contribution is 0.0932. The number of nitrogens with one attached hydrogen (secondary N) is 1. The molecule has 3 nitrogen and oxygen atoms in total. The quantitative estimate of drug-likeness (QED) is 0.843. The van der Waals surface area contributed by atoms with E-state index in [4.69, 9.17) is 18.0 Å². The van der Waals surface area contributed by atoms with Crippen LogP contribution < -0.4 is 11.1 Å². The molecule has 5 heteroatoms. The Morgan fingerprint density at radius 2 is 2.06 bits per heavy atom. The van der Waals surface area contributed by atoms with E-state index in [9.17, 15) is 4.79 Å². The number of carbonyl (C=O) groups is 1. The zero-order chi connectivity index (χ0) is 13.2. The fourth-order valence-electron chi connectivity index (χ4n) is 1.15. The first kappa shape index (κ1) is 14.1. The van der Waals surface area contributed by atoms with Crippen LogP contribution in [0.4, 0.5) is 0 Å². The molecular weight excluding hydrogens is 300 g/mol. The second-order valence-electron chi connectivity index (χ2n) is 4.41. The number of hydrogen-bond donors (Lipinski definition) is 2. The van der Waals surface area contributed by atoms with Crippen molar-refractivity contribution in [1.29, 1.82) is 0 Å². The molecule has 0 radical (unpaired) electrons. The SMILES string of the molecule is Cc1ccc(C(=O)NC(C)(C)C(N)=S)cc1Br. The minimum Gasteiger partial charge on any atom is -0.391 e. The van der Waals surface area contributed by atoms with Crippen LogP contribution in [-0.2, 0) is 0 Å². The van der Waals surface area contributed by atoms with Crippen molar-refractivity contribution in [2.75, 3.05) is 0 Å². The third kappa shape index (κ3) is 3.51. The molecule has 0 saturated carbocycles. The van der Waals surface area contributed by atoms with Gasteiger partial charge in [0.1, 0.15) is 0 Å². The molecule has 0 spiro atoms. The number of hydrogen-bond acceptors (Lipinski definition) is 2. The molecular formula is C12H15BrN2OS. The van der Waals surface area contributed by atoms with Gasteiger partial charge in [-0.05, 0) is 38.5 Å². The Bertz CT molecular complexity index is 472. The molecule has 0 aromatic heterocycles. The van der Waals surface area contributed by atoms with Crippen LogP contribution in [-0.4, -0.2) is 16.4 Å². The largest absolute Gasteiger partial charge is 0.391 e. The standard InChI is InChI=1S/C12H15BrN2OS/c1-7-4-5-8(6-9(7)13)10(16)15-12(2,3)11(14)17/h4-6H,1-3H3,(H2,14,17)(H,15,16). The summed E-state index contributed by atoms with van der Waals surface area (Å²) in [5, 5.41) is 2.79. The zero-order valence-electron chi connectivity index (χ0n) is 10.0. The first-order valence-corrected chi connectivity index (χ1v) is 6.33. The van der Waals surface area contributed by atoms with Gasteiger partial charge in [-0.3, -0.25) is 4.79 Å². The summed E-state index contributed by atoms with van der Waals surface area (Å²) in [6.07, 6.45) is 0. The van der Waals surface area contributed by atoms with Crippen molar-refractivity contribution in [2.45, 2.75) is 26.3 Å². The summed E-state index contributed by atoms with van der Waals surface area (Å²) in [5.41, 5.74) is 6.52. The monoisotopic (exact) mass is 314 g/mol. The highest BCUT2D eigenvalue weighted by atomic mass is 79.9. The lowest BCUT2D eigenvalue weighted by Crippen LogP contribution is -2.52. The van der Waals surface area contributed by atoms with Gasteiger partial charge in [0, 0.05) is 10.0 Å². The maximum Gasteiger partial charge on any atom is 0.252 e. The number of halogens is 1. The fourth-order valence-corrected chi connectivity index (χ4v) is 1.58. The Hall–Kier alpha value is -0.940. The Morgan fingerprint density at radius 1 is 1.47 bits per heavy atom. The predicted octanol–water partition coefficient (Wildman–Crippen LogP) is 2.55. The number of aryl methyl sites for hydroxylation is 1. The number of rotatable bonds is 3. The maximum atomic E-state index is 12.0.